The van der Waals surface area contributed by atoms with Crippen molar-refractivity contribution in [2.24, 2.45) is 11.8 Å². The summed E-state index contributed by atoms with van der Waals surface area (Å²) in [5.41, 5.74) is 3.22. The molecule has 2 unspecified atom stereocenters. The number of para-hydroxylation sites is 2. The summed E-state index contributed by atoms with van der Waals surface area (Å²) in [5, 5.41) is 0. The molecule has 6 atom stereocenters. The van der Waals surface area contributed by atoms with E-state index in [1.54, 1.807) is 12.4 Å². The molecule has 0 N–H and O–H groups in total. The summed E-state index contributed by atoms with van der Waals surface area (Å²) in [6, 6.07) is 11.4. The van der Waals surface area contributed by atoms with Crippen LogP contribution in [0.1, 0.15) is 83.1 Å². The Labute approximate surface area is 203 Å². The number of benzene rings is 1. The van der Waals surface area contributed by atoms with Gasteiger partial charge in [-0.1, -0.05) is 44.2 Å². The van der Waals surface area contributed by atoms with Gasteiger partial charge in [0.15, 0.2) is 5.82 Å². The summed E-state index contributed by atoms with van der Waals surface area (Å²) >= 11 is 0. The molecule has 4 aliphatic rings. The van der Waals surface area contributed by atoms with Crippen LogP contribution in [0.3, 0.4) is 0 Å². The number of piperidine rings is 2. The molecule has 7 rings (SSSR count). The van der Waals surface area contributed by atoms with E-state index in [1.807, 2.05) is 6.20 Å². The van der Waals surface area contributed by atoms with Gasteiger partial charge in [-0.2, -0.15) is 0 Å². The molecule has 5 heteroatoms. The molecule has 34 heavy (non-hydrogen) atoms. The standard InChI is InChI=1S/C29H37N5/c1-2-7-21-14-20(6-1)15-24(16-21)33-22-8-5-9-23(33)18-25(17-22)34-28-11-4-3-10-26(28)32-29(34)27-19-30-12-13-31-27/h3-4,10-13,19-25H,1-2,5-9,14-18H2/t20-,21+,22-,23+,24?,25?. The van der Waals surface area contributed by atoms with Crippen molar-refractivity contribution in [3.63, 3.8) is 0 Å². The van der Waals surface area contributed by atoms with E-state index in [1.165, 1.54) is 82.6 Å². The molecule has 2 aliphatic carbocycles. The van der Waals surface area contributed by atoms with Crippen LogP contribution in [0.15, 0.2) is 42.9 Å². The normalized spacial score (nSPS) is 34.1. The molecule has 0 amide bonds. The zero-order valence-corrected chi connectivity index (χ0v) is 20.2. The first-order valence-electron chi connectivity index (χ1n) is 13.8. The van der Waals surface area contributed by atoms with Crippen LogP contribution in [0.4, 0.5) is 0 Å². The third-order valence-corrected chi connectivity index (χ3v) is 9.53. The smallest absolute Gasteiger partial charge is 0.161 e. The Balaban J connectivity index is 1.22. The Morgan fingerprint density at radius 1 is 0.706 bits per heavy atom. The van der Waals surface area contributed by atoms with Crippen LogP contribution < -0.4 is 0 Å². The van der Waals surface area contributed by atoms with Crippen LogP contribution in [0.25, 0.3) is 22.6 Å². The van der Waals surface area contributed by atoms with E-state index in [2.05, 4.69) is 43.7 Å². The quantitative estimate of drug-likeness (QED) is 0.458. The average molecular weight is 456 g/mol. The van der Waals surface area contributed by atoms with Crippen molar-refractivity contribution in [1.29, 1.82) is 0 Å². The first-order chi connectivity index (χ1) is 16.8. The Kier molecular flexibility index (Phi) is 5.41. The second-order valence-corrected chi connectivity index (χ2v) is 11.6. The van der Waals surface area contributed by atoms with Crippen LogP contribution in [-0.2, 0) is 0 Å². The summed E-state index contributed by atoms with van der Waals surface area (Å²) < 4.78 is 2.53. The highest BCUT2D eigenvalue weighted by Gasteiger charge is 2.45. The minimum absolute atomic E-state index is 0.488. The Morgan fingerprint density at radius 2 is 1.47 bits per heavy atom. The van der Waals surface area contributed by atoms with Crippen molar-refractivity contribution < 1.29 is 0 Å². The van der Waals surface area contributed by atoms with E-state index >= 15 is 0 Å². The van der Waals surface area contributed by atoms with E-state index in [-0.39, 0.29) is 0 Å². The number of hydrogen-bond donors (Lipinski definition) is 0. The first-order valence-corrected chi connectivity index (χ1v) is 13.8. The maximum atomic E-state index is 5.06. The molecule has 0 spiro atoms. The van der Waals surface area contributed by atoms with Crippen LogP contribution >= 0.6 is 0 Å². The number of imidazole rings is 1. The molecule has 4 fully saturated rings. The van der Waals surface area contributed by atoms with E-state index in [0.29, 0.717) is 6.04 Å². The average Bonchev–Trinajstić information content (AvgIpc) is 3.17. The van der Waals surface area contributed by atoms with E-state index < -0.39 is 0 Å². The lowest BCUT2D eigenvalue weighted by atomic mass is 9.73. The summed E-state index contributed by atoms with van der Waals surface area (Å²) in [4.78, 5) is 17.1. The fraction of sp³-hybridized carbons (Fsp3) is 0.621. The zero-order chi connectivity index (χ0) is 22.5. The lowest BCUT2D eigenvalue weighted by Gasteiger charge is -2.54. The second kappa shape index (κ2) is 8.75. The predicted molar refractivity (Wildman–Crippen MR) is 135 cm³/mol. The monoisotopic (exact) mass is 455 g/mol. The van der Waals surface area contributed by atoms with Crippen molar-refractivity contribution in [2.75, 3.05) is 0 Å². The summed E-state index contributed by atoms with van der Waals surface area (Å²) in [5.74, 6) is 2.98. The third kappa shape index (κ3) is 3.67. The van der Waals surface area contributed by atoms with Crippen molar-refractivity contribution >= 4 is 11.0 Å². The van der Waals surface area contributed by atoms with Gasteiger partial charge in [-0.15, -0.1) is 0 Å². The lowest BCUT2D eigenvalue weighted by Crippen LogP contribution is -2.58. The highest BCUT2D eigenvalue weighted by molar-refractivity contribution is 5.80. The molecule has 2 saturated carbocycles. The second-order valence-electron chi connectivity index (χ2n) is 11.6. The van der Waals surface area contributed by atoms with Gasteiger partial charge in [0.2, 0.25) is 0 Å². The maximum absolute atomic E-state index is 5.06. The molecule has 0 radical (unpaired) electrons. The fourth-order valence-corrected chi connectivity index (χ4v) is 8.32. The molecule has 4 bridgehead atoms. The Hall–Kier alpha value is -2.27. The van der Waals surface area contributed by atoms with Gasteiger partial charge in [0.1, 0.15) is 5.69 Å². The minimum Gasteiger partial charge on any atom is -0.319 e. The van der Waals surface area contributed by atoms with Crippen molar-refractivity contribution in [2.45, 2.75) is 101 Å². The van der Waals surface area contributed by atoms with Gasteiger partial charge >= 0.3 is 0 Å². The third-order valence-electron chi connectivity index (χ3n) is 9.53. The number of aromatic nitrogens is 4. The lowest BCUT2D eigenvalue weighted by molar-refractivity contribution is -0.0415. The molecule has 3 aromatic rings. The minimum atomic E-state index is 0.488. The van der Waals surface area contributed by atoms with Crippen molar-refractivity contribution in [3.05, 3.63) is 42.9 Å². The molecular weight excluding hydrogens is 418 g/mol. The Morgan fingerprint density at radius 3 is 2.21 bits per heavy atom. The number of nitrogens with zero attached hydrogens (tertiary/aromatic N) is 5. The highest BCUT2D eigenvalue weighted by Crippen LogP contribution is 2.47. The van der Waals surface area contributed by atoms with Crippen LogP contribution in [-0.4, -0.2) is 42.5 Å². The van der Waals surface area contributed by atoms with E-state index in [0.717, 1.165) is 47.0 Å². The fourth-order valence-electron chi connectivity index (χ4n) is 8.32. The van der Waals surface area contributed by atoms with Gasteiger partial charge in [-0.25, -0.2) is 9.97 Å². The predicted octanol–water partition coefficient (Wildman–Crippen LogP) is 6.41. The highest BCUT2D eigenvalue weighted by atomic mass is 15.3. The van der Waals surface area contributed by atoms with Crippen LogP contribution in [0.2, 0.25) is 0 Å². The molecule has 5 nitrogen and oxygen atoms in total. The number of rotatable bonds is 3. The van der Waals surface area contributed by atoms with Crippen molar-refractivity contribution in [1.82, 2.24) is 24.4 Å². The molecule has 178 valence electrons. The van der Waals surface area contributed by atoms with Crippen LogP contribution in [0.5, 0.6) is 0 Å². The molecule has 2 aliphatic heterocycles. The summed E-state index contributed by atoms with van der Waals surface area (Å²) in [7, 11) is 0. The SMILES string of the molecule is c1ccc2c(c1)nc(-c1cnccn1)n2C1C[C@H]2CCC[C@@H](C1)N2C1C[C@H]2CCCC[C@@H](C1)C2. The topological polar surface area (TPSA) is 46.8 Å². The van der Waals surface area contributed by atoms with Gasteiger partial charge < -0.3 is 4.57 Å². The molecule has 1 aromatic carbocycles. The van der Waals surface area contributed by atoms with Crippen molar-refractivity contribution in [3.8, 4) is 11.5 Å². The van der Waals surface area contributed by atoms with Crippen LogP contribution in [0, 0.1) is 11.8 Å². The maximum Gasteiger partial charge on any atom is 0.161 e. The summed E-state index contributed by atoms with van der Waals surface area (Å²) in [6.07, 6.45) is 22.4. The largest absolute Gasteiger partial charge is 0.319 e. The molecule has 2 aromatic heterocycles. The van der Waals surface area contributed by atoms with Gasteiger partial charge in [0.05, 0.1) is 17.2 Å². The van der Waals surface area contributed by atoms with Gasteiger partial charge in [-0.05, 0) is 68.9 Å². The van der Waals surface area contributed by atoms with Gasteiger partial charge in [0, 0.05) is 36.6 Å². The number of fused-ring (bicyclic) bond motifs is 5. The van der Waals surface area contributed by atoms with E-state index in [9.17, 15) is 0 Å². The molecule has 4 heterocycles. The van der Waals surface area contributed by atoms with Gasteiger partial charge in [0.25, 0.3) is 0 Å². The zero-order valence-electron chi connectivity index (χ0n) is 20.2. The Bertz CT molecular complexity index is 1110. The summed E-state index contributed by atoms with van der Waals surface area (Å²) in [6.45, 7) is 0. The number of hydrogen-bond acceptors (Lipinski definition) is 4. The molecule has 2 saturated heterocycles. The van der Waals surface area contributed by atoms with E-state index in [4.69, 9.17) is 4.98 Å². The first kappa shape index (κ1) is 21.0. The molecular formula is C29H37N5. The van der Waals surface area contributed by atoms with Gasteiger partial charge in [-0.3, -0.25) is 9.88 Å².